The molecule has 15 heavy (non-hydrogen) atoms. The Balaban J connectivity index is 2.59. The summed E-state index contributed by atoms with van der Waals surface area (Å²) in [7, 11) is 5.80. The maximum absolute atomic E-state index is 5.56. The largest absolute Gasteiger partial charge is 0.476 e. The average Bonchev–Trinajstić information content (AvgIpc) is 2.20. The molecule has 84 valence electrons. The van der Waals surface area contributed by atoms with Crippen LogP contribution in [0.4, 0.5) is 5.95 Å². The van der Waals surface area contributed by atoms with Crippen molar-refractivity contribution in [2.24, 2.45) is 0 Å². The number of likely N-dealkylation sites (N-methyl/N-ethyl adjacent to an activating group) is 1. The lowest BCUT2D eigenvalue weighted by molar-refractivity contribution is 0.252. The van der Waals surface area contributed by atoms with Gasteiger partial charge in [-0.2, -0.15) is 4.98 Å². The monoisotopic (exact) mass is 210 g/mol. The Morgan fingerprint density at radius 2 is 2.20 bits per heavy atom. The van der Waals surface area contributed by atoms with Crippen LogP contribution in [0.2, 0.25) is 0 Å². The van der Waals surface area contributed by atoms with Crippen LogP contribution < -0.4 is 10.1 Å². The topological polar surface area (TPSA) is 50.3 Å². The Morgan fingerprint density at radius 3 is 2.80 bits per heavy atom. The first-order chi connectivity index (χ1) is 7.13. The molecule has 0 aliphatic rings. The molecule has 0 bridgehead atoms. The zero-order valence-electron chi connectivity index (χ0n) is 9.74. The summed E-state index contributed by atoms with van der Waals surface area (Å²) in [6.07, 6.45) is 1.75. The van der Waals surface area contributed by atoms with Crippen LogP contribution >= 0.6 is 0 Å². The van der Waals surface area contributed by atoms with Gasteiger partial charge in [0.05, 0.1) is 0 Å². The van der Waals surface area contributed by atoms with Crippen LogP contribution in [-0.4, -0.2) is 49.2 Å². The van der Waals surface area contributed by atoms with E-state index in [4.69, 9.17) is 4.74 Å². The molecular weight excluding hydrogens is 192 g/mol. The van der Waals surface area contributed by atoms with Crippen molar-refractivity contribution in [1.82, 2.24) is 14.9 Å². The second-order valence-corrected chi connectivity index (χ2v) is 3.58. The molecule has 0 aromatic carbocycles. The minimum atomic E-state index is 0.584. The molecule has 0 fully saturated rings. The van der Waals surface area contributed by atoms with Crippen molar-refractivity contribution in [3.05, 3.63) is 11.8 Å². The lowest BCUT2D eigenvalue weighted by Gasteiger charge is -2.12. The third kappa shape index (κ3) is 3.71. The third-order valence-electron chi connectivity index (χ3n) is 1.93. The van der Waals surface area contributed by atoms with Gasteiger partial charge in [0.15, 0.2) is 0 Å². The van der Waals surface area contributed by atoms with Crippen molar-refractivity contribution in [3.63, 3.8) is 0 Å². The van der Waals surface area contributed by atoms with E-state index < -0.39 is 0 Å². The van der Waals surface area contributed by atoms with Crippen molar-refractivity contribution in [2.75, 3.05) is 39.6 Å². The quantitative estimate of drug-likeness (QED) is 0.778. The van der Waals surface area contributed by atoms with Crippen LogP contribution in [0.1, 0.15) is 5.56 Å². The van der Waals surface area contributed by atoms with E-state index >= 15 is 0 Å². The smallest absolute Gasteiger partial charge is 0.225 e. The van der Waals surface area contributed by atoms with E-state index in [9.17, 15) is 0 Å². The Hall–Kier alpha value is -1.36. The van der Waals surface area contributed by atoms with Gasteiger partial charge in [-0.05, 0) is 21.0 Å². The molecule has 0 saturated carbocycles. The molecule has 1 N–H and O–H groups in total. The SMILES string of the molecule is CNc1ncc(C)c(OCCN(C)C)n1. The number of hydrogen-bond acceptors (Lipinski definition) is 5. The summed E-state index contributed by atoms with van der Waals surface area (Å²) >= 11 is 0. The first-order valence-corrected chi connectivity index (χ1v) is 4.92. The summed E-state index contributed by atoms with van der Waals surface area (Å²) in [6.45, 7) is 3.44. The minimum absolute atomic E-state index is 0.584. The van der Waals surface area contributed by atoms with Gasteiger partial charge in [0.2, 0.25) is 11.8 Å². The summed E-state index contributed by atoms with van der Waals surface area (Å²) < 4.78 is 5.56. The molecule has 0 aliphatic heterocycles. The number of nitrogens with one attached hydrogen (secondary N) is 1. The molecule has 1 aromatic heterocycles. The normalized spacial score (nSPS) is 10.5. The van der Waals surface area contributed by atoms with Crippen molar-refractivity contribution < 1.29 is 4.74 Å². The van der Waals surface area contributed by atoms with Crippen molar-refractivity contribution in [2.45, 2.75) is 6.92 Å². The first kappa shape index (κ1) is 11.7. The number of hydrogen-bond donors (Lipinski definition) is 1. The Labute approximate surface area is 90.5 Å². The van der Waals surface area contributed by atoms with Crippen LogP contribution in [0.5, 0.6) is 5.88 Å². The van der Waals surface area contributed by atoms with E-state index in [1.807, 2.05) is 21.0 Å². The van der Waals surface area contributed by atoms with Crippen LogP contribution in [0.25, 0.3) is 0 Å². The number of anilines is 1. The van der Waals surface area contributed by atoms with Gasteiger partial charge >= 0.3 is 0 Å². The molecule has 0 radical (unpaired) electrons. The van der Waals surface area contributed by atoms with Crippen LogP contribution in [-0.2, 0) is 0 Å². The van der Waals surface area contributed by atoms with Crippen molar-refractivity contribution in [3.8, 4) is 5.88 Å². The highest BCUT2D eigenvalue weighted by molar-refractivity contribution is 5.31. The van der Waals surface area contributed by atoms with Gasteiger partial charge in [-0.15, -0.1) is 0 Å². The zero-order chi connectivity index (χ0) is 11.3. The number of ether oxygens (including phenoxy) is 1. The molecule has 1 rings (SSSR count). The summed E-state index contributed by atoms with van der Waals surface area (Å²) in [5, 5.41) is 2.88. The van der Waals surface area contributed by atoms with Crippen LogP contribution in [0, 0.1) is 6.92 Å². The van der Waals surface area contributed by atoms with Crippen molar-refractivity contribution in [1.29, 1.82) is 0 Å². The standard InChI is InChI=1S/C10H18N4O/c1-8-7-12-10(11-2)13-9(8)15-6-5-14(3)4/h7H,5-6H2,1-4H3,(H,11,12,13). The fourth-order valence-corrected chi connectivity index (χ4v) is 1.02. The minimum Gasteiger partial charge on any atom is -0.476 e. The molecule has 0 amide bonds. The number of rotatable bonds is 5. The van der Waals surface area contributed by atoms with Crippen LogP contribution in [0.15, 0.2) is 6.20 Å². The molecule has 0 atom stereocenters. The second kappa shape index (κ2) is 5.50. The molecule has 1 aromatic rings. The van der Waals surface area contributed by atoms with E-state index in [0.29, 0.717) is 18.4 Å². The molecule has 5 nitrogen and oxygen atoms in total. The molecule has 1 heterocycles. The number of aryl methyl sites for hydroxylation is 1. The summed E-state index contributed by atoms with van der Waals surface area (Å²) in [6, 6.07) is 0. The van der Waals surface area contributed by atoms with Crippen LogP contribution in [0.3, 0.4) is 0 Å². The van der Waals surface area contributed by atoms with Gasteiger partial charge in [-0.1, -0.05) is 0 Å². The van der Waals surface area contributed by atoms with E-state index in [1.165, 1.54) is 0 Å². The van der Waals surface area contributed by atoms with Gasteiger partial charge in [0, 0.05) is 25.4 Å². The molecular formula is C10H18N4O. The van der Waals surface area contributed by atoms with E-state index in [2.05, 4.69) is 20.2 Å². The number of nitrogens with zero attached hydrogens (tertiary/aromatic N) is 3. The fraction of sp³-hybridized carbons (Fsp3) is 0.600. The lowest BCUT2D eigenvalue weighted by Crippen LogP contribution is -2.20. The average molecular weight is 210 g/mol. The van der Waals surface area contributed by atoms with E-state index in [1.54, 1.807) is 13.2 Å². The highest BCUT2D eigenvalue weighted by atomic mass is 16.5. The zero-order valence-corrected chi connectivity index (χ0v) is 9.74. The maximum Gasteiger partial charge on any atom is 0.225 e. The van der Waals surface area contributed by atoms with E-state index in [0.717, 1.165) is 12.1 Å². The molecule has 0 spiro atoms. The summed E-state index contributed by atoms with van der Waals surface area (Å²) in [4.78, 5) is 10.4. The lowest BCUT2D eigenvalue weighted by atomic mass is 10.4. The third-order valence-corrected chi connectivity index (χ3v) is 1.93. The Bertz CT molecular complexity index is 314. The molecule has 0 saturated heterocycles. The second-order valence-electron chi connectivity index (χ2n) is 3.58. The Morgan fingerprint density at radius 1 is 1.47 bits per heavy atom. The summed E-state index contributed by atoms with van der Waals surface area (Å²) in [5.41, 5.74) is 0.952. The predicted octanol–water partition coefficient (Wildman–Crippen LogP) is 0.767. The molecule has 0 unspecified atom stereocenters. The van der Waals surface area contributed by atoms with Gasteiger partial charge < -0.3 is 15.0 Å². The summed E-state index contributed by atoms with van der Waals surface area (Å²) in [5.74, 6) is 1.23. The highest BCUT2D eigenvalue weighted by Gasteiger charge is 2.03. The maximum atomic E-state index is 5.56. The predicted molar refractivity (Wildman–Crippen MR) is 60.4 cm³/mol. The van der Waals surface area contributed by atoms with Crippen molar-refractivity contribution >= 4 is 5.95 Å². The van der Waals surface area contributed by atoms with Gasteiger partial charge in [0.1, 0.15) is 6.61 Å². The van der Waals surface area contributed by atoms with Gasteiger partial charge in [0.25, 0.3) is 0 Å². The van der Waals surface area contributed by atoms with Gasteiger partial charge in [-0.3, -0.25) is 0 Å². The Kier molecular flexibility index (Phi) is 4.30. The highest BCUT2D eigenvalue weighted by Crippen LogP contribution is 2.14. The van der Waals surface area contributed by atoms with E-state index in [-0.39, 0.29) is 0 Å². The molecule has 0 aliphatic carbocycles. The molecule has 5 heteroatoms. The van der Waals surface area contributed by atoms with Gasteiger partial charge in [-0.25, -0.2) is 4.98 Å². The fourth-order valence-electron chi connectivity index (χ4n) is 1.02. The first-order valence-electron chi connectivity index (χ1n) is 4.92. The number of aromatic nitrogens is 2.